The number of ether oxygens (including phenoxy) is 1. The van der Waals surface area contributed by atoms with Crippen molar-refractivity contribution in [2.45, 2.75) is 44.0 Å². The zero-order valence-electron chi connectivity index (χ0n) is 15.0. The zero-order chi connectivity index (χ0) is 18.2. The third kappa shape index (κ3) is 7.63. The lowest BCUT2D eigenvalue weighted by Gasteiger charge is -2.19. The molecule has 1 aromatic rings. The van der Waals surface area contributed by atoms with Gasteiger partial charge in [0.15, 0.2) is 9.84 Å². The SMILES string of the molecule is CCCCC(CN)NC(=O)C(C)CS(=O)(=O)c1ccc(OC)cc1.Cl. The molecule has 3 N–H and O–H groups in total. The van der Waals surface area contributed by atoms with E-state index in [1.807, 2.05) is 0 Å². The standard InChI is InChI=1S/C17H28N2O4S.ClH/c1-4-5-6-14(11-18)19-17(20)13(2)12-24(21,22)16-9-7-15(23-3)8-10-16;/h7-10,13-14H,4-6,11-12,18H2,1-3H3,(H,19,20);1H. The van der Waals surface area contributed by atoms with E-state index in [0.717, 1.165) is 19.3 Å². The van der Waals surface area contributed by atoms with Gasteiger partial charge in [0.2, 0.25) is 5.91 Å². The van der Waals surface area contributed by atoms with E-state index >= 15 is 0 Å². The maximum atomic E-state index is 12.4. The number of rotatable bonds is 10. The maximum Gasteiger partial charge on any atom is 0.224 e. The minimum absolute atomic E-state index is 0. The molecule has 1 aromatic carbocycles. The molecule has 0 fully saturated rings. The van der Waals surface area contributed by atoms with E-state index in [9.17, 15) is 13.2 Å². The van der Waals surface area contributed by atoms with E-state index in [0.29, 0.717) is 12.3 Å². The van der Waals surface area contributed by atoms with E-state index < -0.39 is 15.8 Å². The quantitative estimate of drug-likeness (QED) is 0.635. The molecule has 8 heteroatoms. The van der Waals surface area contributed by atoms with Crippen molar-refractivity contribution >= 4 is 28.2 Å². The number of amides is 1. The monoisotopic (exact) mass is 392 g/mol. The summed E-state index contributed by atoms with van der Waals surface area (Å²) in [5.41, 5.74) is 5.66. The van der Waals surface area contributed by atoms with Crippen molar-refractivity contribution < 1.29 is 17.9 Å². The maximum absolute atomic E-state index is 12.4. The highest BCUT2D eigenvalue weighted by molar-refractivity contribution is 7.91. The van der Waals surface area contributed by atoms with Crippen molar-refractivity contribution in [1.82, 2.24) is 5.32 Å². The van der Waals surface area contributed by atoms with E-state index in [1.54, 1.807) is 19.1 Å². The molecule has 0 aliphatic rings. The number of methoxy groups -OCH3 is 1. The molecule has 0 bridgehead atoms. The molecule has 2 atom stereocenters. The molecule has 0 heterocycles. The van der Waals surface area contributed by atoms with Crippen LogP contribution < -0.4 is 15.8 Å². The third-order valence-corrected chi connectivity index (χ3v) is 5.80. The first-order valence-corrected chi connectivity index (χ1v) is 9.86. The van der Waals surface area contributed by atoms with Gasteiger partial charge in [0.1, 0.15) is 5.75 Å². The molecule has 0 aliphatic heterocycles. The fraction of sp³-hybridized carbons (Fsp3) is 0.588. The number of carbonyl (C=O) groups is 1. The zero-order valence-corrected chi connectivity index (χ0v) is 16.7. The van der Waals surface area contributed by atoms with Crippen LogP contribution in [-0.2, 0) is 14.6 Å². The van der Waals surface area contributed by atoms with Gasteiger partial charge in [-0.2, -0.15) is 0 Å². The molecular formula is C17H29ClN2O4S. The summed E-state index contributed by atoms with van der Waals surface area (Å²) < 4.78 is 29.9. The van der Waals surface area contributed by atoms with Crippen molar-refractivity contribution in [3.8, 4) is 5.75 Å². The van der Waals surface area contributed by atoms with E-state index in [-0.39, 0.29) is 35.0 Å². The molecule has 0 aromatic heterocycles. The molecule has 0 radical (unpaired) electrons. The molecule has 0 saturated carbocycles. The molecule has 2 unspecified atom stereocenters. The number of sulfone groups is 1. The molecule has 0 aliphatic carbocycles. The highest BCUT2D eigenvalue weighted by atomic mass is 35.5. The van der Waals surface area contributed by atoms with Gasteiger partial charge in [-0.05, 0) is 30.7 Å². The Hall–Kier alpha value is -1.31. The first kappa shape index (κ1) is 23.7. The number of unbranched alkanes of at least 4 members (excludes halogenated alkanes) is 1. The van der Waals surface area contributed by atoms with Crippen LogP contribution in [0.2, 0.25) is 0 Å². The summed E-state index contributed by atoms with van der Waals surface area (Å²) >= 11 is 0. The fourth-order valence-corrected chi connectivity index (χ4v) is 3.88. The highest BCUT2D eigenvalue weighted by Crippen LogP contribution is 2.18. The normalized spacial score (nSPS) is 13.4. The summed E-state index contributed by atoms with van der Waals surface area (Å²) in [6, 6.07) is 6.05. The Morgan fingerprint density at radius 2 is 1.88 bits per heavy atom. The predicted molar refractivity (Wildman–Crippen MR) is 102 cm³/mol. The second kappa shape index (κ2) is 11.3. The summed E-state index contributed by atoms with van der Waals surface area (Å²) in [4.78, 5) is 12.4. The van der Waals surface area contributed by atoms with Crippen LogP contribution in [0.15, 0.2) is 29.2 Å². The van der Waals surface area contributed by atoms with Gasteiger partial charge in [-0.1, -0.05) is 26.7 Å². The second-order valence-electron chi connectivity index (χ2n) is 5.94. The Kier molecular flexibility index (Phi) is 10.7. The average Bonchev–Trinajstić information content (AvgIpc) is 2.57. The molecule has 25 heavy (non-hydrogen) atoms. The Balaban J connectivity index is 0.00000576. The van der Waals surface area contributed by atoms with Gasteiger partial charge in [-0.3, -0.25) is 4.79 Å². The number of nitrogens with two attached hydrogens (primary N) is 1. The summed E-state index contributed by atoms with van der Waals surface area (Å²) in [5, 5.41) is 2.85. The summed E-state index contributed by atoms with van der Waals surface area (Å²) in [5.74, 6) is -0.580. The van der Waals surface area contributed by atoms with Crippen molar-refractivity contribution in [3.05, 3.63) is 24.3 Å². The molecule has 1 rings (SSSR count). The molecule has 6 nitrogen and oxygen atoms in total. The van der Waals surface area contributed by atoms with E-state index in [1.165, 1.54) is 19.2 Å². The fourth-order valence-electron chi connectivity index (χ4n) is 2.33. The van der Waals surface area contributed by atoms with Crippen molar-refractivity contribution in [2.75, 3.05) is 19.4 Å². The molecule has 1 amide bonds. The minimum atomic E-state index is -3.54. The van der Waals surface area contributed by atoms with Gasteiger partial charge in [-0.15, -0.1) is 12.4 Å². The molecule has 144 valence electrons. The van der Waals surface area contributed by atoms with Gasteiger partial charge < -0.3 is 15.8 Å². The second-order valence-corrected chi connectivity index (χ2v) is 7.98. The smallest absolute Gasteiger partial charge is 0.224 e. The number of nitrogens with one attached hydrogen (secondary N) is 1. The Morgan fingerprint density at radius 3 is 2.36 bits per heavy atom. The average molecular weight is 393 g/mol. The molecular weight excluding hydrogens is 364 g/mol. The topological polar surface area (TPSA) is 98.5 Å². The van der Waals surface area contributed by atoms with Gasteiger partial charge in [0, 0.05) is 18.5 Å². The van der Waals surface area contributed by atoms with Crippen molar-refractivity contribution in [3.63, 3.8) is 0 Å². The highest BCUT2D eigenvalue weighted by Gasteiger charge is 2.24. The lowest BCUT2D eigenvalue weighted by molar-refractivity contribution is -0.124. The molecule has 0 saturated heterocycles. The predicted octanol–water partition coefficient (Wildman–Crippen LogP) is 2.16. The summed E-state index contributed by atoms with van der Waals surface area (Å²) in [6.45, 7) is 4.03. The number of halogens is 1. The number of hydrogen-bond acceptors (Lipinski definition) is 5. The lowest BCUT2D eigenvalue weighted by atomic mass is 10.1. The first-order valence-electron chi connectivity index (χ1n) is 8.21. The van der Waals surface area contributed by atoms with E-state index in [4.69, 9.17) is 10.5 Å². The molecule has 0 spiro atoms. The lowest BCUT2D eigenvalue weighted by Crippen LogP contribution is -2.43. The number of hydrogen-bond donors (Lipinski definition) is 2. The van der Waals surface area contributed by atoms with Gasteiger partial charge in [0.25, 0.3) is 0 Å². The van der Waals surface area contributed by atoms with Crippen molar-refractivity contribution in [1.29, 1.82) is 0 Å². The van der Waals surface area contributed by atoms with Crippen LogP contribution in [0.5, 0.6) is 5.75 Å². The first-order chi connectivity index (χ1) is 11.3. The third-order valence-electron chi connectivity index (χ3n) is 3.87. The van der Waals surface area contributed by atoms with Crippen LogP contribution >= 0.6 is 12.4 Å². The van der Waals surface area contributed by atoms with E-state index in [2.05, 4.69) is 12.2 Å². The Morgan fingerprint density at radius 1 is 1.28 bits per heavy atom. The van der Waals surface area contributed by atoms with Crippen LogP contribution in [0.25, 0.3) is 0 Å². The summed E-state index contributed by atoms with van der Waals surface area (Å²) in [6.07, 6.45) is 2.80. The van der Waals surface area contributed by atoms with Crippen molar-refractivity contribution in [2.24, 2.45) is 11.7 Å². The summed E-state index contributed by atoms with van der Waals surface area (Å²) in [7, 11) is -2.02. The van der Waals surface area contributed by atoms with Crippen LogP contribution in [-0.4, -0.2) is 39.8 Å². The number of benzene rings is 1. The van der Waals surface area contributed by atoms with Gasteiger partial charge in [0.05, 0.1) is 17.8 Å². The number of carbonyl (C=O) groups excluding carboxylic acids is 1. The van der Waals surface area contributed by atoms with Crippen LogP contribution in [0, 0.1) is 5.92 Å². The Labute approximate surface area is 156 Å². The van der Waals surface area contributed by atoms with Crippen LogP contribution in [0.1, 0.15) is 33.1 Å². The van der Waals surface area contributed by atoms with Gasteiger partial charge >= 0.3 is 0 Å². The van der Waals surface area contributed by atoms with Crippen LogP contribution in [0.3, 0.4) is 0 Å². The Bertz CT molecular complexity index is 620. The minimum Gasteiger partial charge on any atom is -0.497 e. The largest absolute Gasteiger partial charge is 0.497 e. The van der Waals surface area contributed by atoms with Crippen LogP contribution in [0.4, 0.5) is 0 Å². The van der Waals surface area contributed by atoms with Gasteiger partial charge in [-0.25, -0.2) is 8.42 Å².